The van der Waals surface area contributed by atoms with Crippen molar-refractivity contribution in [1.82, 2.24) is 0 Å². The van der Waals surface area contributed by atoms with E-state index in [1.165, 1.54) is 9.24 Å². The van der Waals surface area contributed by atoms with Crippen molar-refractivity contribution in [1.29, 1.82) is 0 Å². The Morgan fingerprint density at radius 3 is 2.20 bits per heavy atom. The Kier molecular flexibility index (Phi) is 3.80. The summed E-state index contributed by atoms with van der Waals surface area (Å²) in [6, 6.07) is 2.53. The van der Waals surface area contributed by atoms with Crippen LogP contribution >= 0.6 is 9.24 Å². The average Bonchev–Trinajstić information content (AvgIpc) is 3.20. The molecule has 1 aromatic carbocycles. The van der Waals surface area contributed by atoms with Gasteiger partial charge in [-0.15, -0.1) is 0 Å². The van der Waals surface area contributed by atoms with Crippen LogP contribution in [-0.2, 0) is 16.3 Å². The number of rotatable bonds is 4. The molecule has 110 valence electrons. The maximum atomic E-state index is 14.1. The van der Waals surface area contributed by atoms with E-state index in [0.29, 0.717) is 12.8 Å². The van der Waals surface area contributed by atoms with Crippen LogP contribution in [0.4, 0.5) is 17.6 Å². The average molecular weight is 308 g/mol. The van der Waals surface area contributed by atoms with Crippen molar-refractivity contribution in [2.75, 3.05) is 7.11 Å². The normalized spacial score (nSPS) is 16.1. The zero-order valence-corrected chi connectivity index (χ0v) is 11.8. The summed E-state index contributed by atoms with van der Waals surface area (Å²) in [7, 11) is 2.34. The molecule has 0 heterocycles. The standard InChI is InChI=1S/C13H13F4O2P/c1-19-11(18)7-4-9(12(14,15)8-2-3-8)6-10(5-7)13(16,17)20/h4-6,8H,2-3,20H2,1H3. The minimum absolute atomic E-state index is 0.303. The van der Waals surface area contributed by atoms with Crippen LogP contribution < -0.4 is 0 Å². The van der Waals surface area contributed by atoms with Gasteiger partial charge < -0.3 is 4.74 Å². The van der Waals surface area contributed by atoms with E-state index >= 15 is 0 Å². The van der Waals surface area contributed by atoms with Crippen molar-refractivity contribution in [2.45, 2.75) is 24.4 Å². The molecule has 0 saturated heterocycles. The molecule has 0 aliphatic heterocycles. The lowest BCUT2D eigenvalue weighted by Crippen LogP contribution is -2.19. The van der Waals surface area contributed by atoms with Gasteiger partial charge in [0, 0.05) is 17.0 Å². The Hall–Kier alpha value is -1.16. The molecule has 0 bridgehead atoms. The van der Waals surface area contributed by atoms with Gasteiger partial charge in [-0.25, -0.2) is 13.6 Å². The van der Waals surface area contributed by atoms with E-state index < -0.39 is 34.6 Å². The van der Waals surface area contributed by atoms with Crippen LogP contribution in [0.1, 0.15) is 34.3 Å². The summed E-state index contributed by atoms with van der Waals surface area (Å²) in [5.41, 5.74) is -4.92. The second-order valence-electron chi connectivity index (χ2n) is 4.81. The number of benzene rings is 1. The van der Waals surface area contributed by atoms with Gasteiger partial charge in [0.15, 0.2) is 0 Å². The first-order chi connectivity index (χ1) is 9.16. The minimum atomic E-state index is -3.39. The summed E-state index contributed by atoms with van der Waals surface area (Å²) in [6.07, 6.45) is 0.699. The van der Waals surface area contributed by atoms with Gasteiger partial charge in [0.25, 0.3) is 11.6 Å². The van der Waals surface area contributed by atoms with E-state index in [1.54, 1.807) is 0 Å². The third-order valence-corrected chi connectivity index (χ3v) is 3.55. The lowest BCUT2D eigenvalue weighted by Gasteiger charge is -2.20. The van der Waals surface area contributed by atoms with Crippen LogP contribution in [0.15, 0.2) is 18.2 Å². The molecule has 2 nitrogen and oxygen atoms in total. The van der Waals surface area contributed by atoms with Gasteiger partial charge in [0.2, 0.25) is 0 Å². The molecule has 20 heavy (non-hydrogen) atoms. The molecular formula is C13H13F4O2P. The lowest BCUT2D eigenvalue weighted by atomic mass is 9.98. The van der Waals surface area contributed by atoms with Gasteiger partial charge in [-0.2, -0.15) is 8.78 Å². The fourth-order valence-corrected chi connectivity index (χ4v) is 2.10. The van der Waals surface area contributed by atoms with E-state index in [4.69, 9.17) is 0 Å². The molecule has 0 aromatic heterocycles. The van der Waals surface area contributed by atoms with Gasteiger partial charge in [-0.3, -0.25) is 0 Å². The first kappa shape index (κ1) is 15.2. The molecule has 1 aromatic rings. The van der Waals surface area contributed by atoms with Gasteiger partial charge in [-0.1, -0.05) is 9.24 Å². The zero-order chi connectivity index (χ0) is 15.1. The second-order valence-corrected chi connectivity index (χ2v) is 5.54. The van der Waals surface area contributed by atoms with Crippen molar-refractivity contribution < 1.29 is 27.1 Å². The molecule has 1 saturated carbocycles. The Labute approximate surface area is 115 Å². The van der Waals surface area contributed by atoms with Crippen LogP contribution in [0.25, 0.3) is 0 Å². The molecule has 1 aliphatic rings. The van der Waals surface area contributed by atoms with Crippen molar-refractivity contribution in [3.05, 3.63) is 34.9 Å². The van der Waals surface area contributed by atoms with Crippen molar-refractivity contribution in [3.8, 4) is 0 Å². The smallest absolute Gasteiger partial charge is 0.337 e. The van der Waals surface area contributed by atoms with Gasteiger partial charge >= 0.3 is 5.97 Å². The highest BCUT2D eigenvalue weighted by Crippen LogP contribution is 2.50. The quantitative estimate of drug-likeness (QED) is 0.479. The molecule has 1 unspecified atom stereocenters. The summed E-state index contributed by atoms with van der Waals surface area (Å²) in [4.78, 5) is 11.4. The fraction of sp³-hybridized carbons (Fsp3) is 0.462. The molecule has 2 rings (SSSR count). The molecule has 1 fully saturated rings. The molecule has 7 heteroatoms. The zero-order valence-electron chi connectivity index (χ0n) is 10.6. The minimum Gasteiger partial charge on any atom is -0.465 e. The second kappa shape index (κ2) is 4.99. The predicted octanol–water partition coefficient (Wildman–Crippen LogP) is 3.90. The number of ether oxygens (including phenoxy) is 1. The van der Waals surface area contributed by atoms with Crippen molar-refractivity contribution in [3.63, 3.8) is 0 Å². The van der Waals surface area contributed by atoms with Crippen LogP contribution in [0.5, 0.6) is 0 Å². The highest BCUT2D eigenvalue weighted by molar-refractivity contribution is 7.17. The third kappa shape index (κ3) is 2.95. The topological polar surface area (TPSA) is 26.3 Å². The highest BCUT2D eigenvalue weighted by Gasteiger charge is 2.48. The lowest BCUT2D eigenvalue weighted by molar-refractivity contribution is -0.0289. The maximum Gasteiger partial charge on any atom is 0.337 e. The van der Waals surface area contributed by atoms with Gasteiger partial charge in [0.05, 0.1) is 12.7 Å². The number of alkyl halides is 4. The number of methoxy groups -OCH3 is 1. The number of carbonyl (C=O) groups is 1. The first-order valence-corrected chi connectivity index (χ1v) is 6.53. The van der Waals surface area contributed by atoms with Crippen molar-refractivity contribution >= 4 is 15.2 Å². The van der Waals surface area contributed by atoms with E-state index in [0.717, 1.165) is 25.3 Å². The van der Waals surface area contributed by atoms with E-state index in [2.05, 4.69) is 4.74 Å². The van der Waals surface area contributed by atoms with Crippen LogP contribution in [-0.4, -0.2) is 13.1 Å². The number of halogens is 4. The molecular weight excluding hydrogens is 295 g/mol. The molecule has 0 N–H and O–H groups in total. The Morgan fingerprint density at radius 1 is 1.20 bits per heavy atom. The summed E-state index contributed by atoms with van der Waals surface area (Å²) >= 11 is 0. The Morgan fingerprint density at radius 2 is 1.75 bits per heavy atom. The monoisotopic (exact) mass is 308 g/mol. The third-order valence-electron chi connectivity index (χ3n) is 3.21. The summed E-state index contributed by atoms with van der Waals surface area (Å²) < 4.78 is 59.2. The van der Waals surface area contributed by atoms with Crippen molar-refractivity contribution in [2.24, 2.45) is 5.92 Å². The largest absolute Gasteiger partial charge is 0.465 e. The van der Waals surface area contributed by atoms with E-state index in [-0.39, 0.29) is 5.56 Å². The molecule has 1 aliphatic carbocycles. The molecule has 1 atom stereocenters. The number of carbonyl (C=O) groups excluding carboxylic acids is 1. The fourth-order valence-electron chi connectivity index (χ4n) is 1.93. The van der Waals surface area contributed by atoms with Crippen LogP contribution in [0.3, 0.4) is 0 Å². The van der Waals surface area contributed by atoms with Gasteiger partial charge in [-0.05, 0) is 31.0 Å². The summed E-state index contributed by atoms with van der Waals surface area (Å²) in [5, 5.41) is 0. The molecule has 0 amide bonds. The number of esters is 1. The maximum absolute atomic E-state index is 14.1. The Balaban J connectivity index is 2.53. The number of hydrogen-bond donors (Lipinski definition) is 0. The first-order valence-electron chi connectivity index (χ1n) is 5.95. The van der Waals surface area contributed by atoms with Gasteiger partial charge in [0.1, 0.15) is 0 Å². The van der Waals surface area contributed by atoms with E-state index in [9.17, 15) is 22.4 Å². The molecule has 0 radical (unpaired) electrons. The van der Waals surface area contributed by atoms with E-state index in [1.807, 2.05) is 0 Å². The molecule has 0 spiro atoms. The predicted molar refractivity (Wildman–Crippen MR) is 68.0 cm³/mol. The van der Waals surface area contributed by atoms with Crippen LogP contribution in [0, 0.1) is 5.92 Å². The SMILES string of the molecule is COC(=O)c1cc(C(F)(F)P)cc(C(F)(F)C2CC2)c1. The summed E-state index contributed by atoms with van der Waals surface area (Å²) in [6.45, 7) is 0. The number of hydrogen-bond acceptors (Lipinski definition) is 2. The summed E-state index contributed by atoms with van der Waals surface area (Å²) in [5.74, 6) is -4.98. The highest BCUT2D eigenvalue weighted by atomic mass is 31.0. The Bertz CT molecular complexity index is 536. The van der Waals surface area contributed by atoms with Crippen LogP contribution in [0.2, 0.25) is 0 Å².